The van der Waals surface area contributed by atoms with Gasteiger partial charge in [-0.25, -0.2) is 13.1 Å². The largest absolute Gasteiger partial charge is 0.398 e. The molecule has 0 unspecified atom stereocenters. The van der Waals surface area contributed by atoms with Crippen molar-refractivity contribution in [2.45, 2.75) is 30.4 Å². The molecule has 0 amide bonds. The van der Waals surface area contributed by atoms with Gasteiger partial charge >= 0.3 is 0 Å². The van der Waals surface area contributed by atoms with Crippen molar-refractivity contribution in [1.82, 2.24) is 4.72 Å². The van der Waals surface area contributed by atoms with E-state index >= 15 is 0 Å². The summed E-state index contributed by atoms with van der Waals surface area (Å²) in [5.41, 5.74) is 6.98. The molecular formula is C12H20N2O2S2. The first-order valence-corrected chi connectivity index (χ1v) is 8.30. The molecule has 0 bridgehead atoms. The molecule has 102 valence electrons. The fourth-order valence-corrected chi connectivity index (χ4v) is 2.96. The molecule has 4 nitrogen and oxygen atoms in total. The fourth-order valence-electron chi connectivity index (χ4n) is 1.33. The second-order valence-corrected chi connectivity index (χ2v) is 8.08. The van der Waals surface area contributed by atoms with Crippen LogP contribution in [0.1, 0.15) is 19.4 Å². The molecule has 0 aromatic heterocycles. The molecule has 0 atom stereocenters. The van der Waals surface area contributed by atoms with Gasteiger partial charge in [-0.1, -0.05) is 6.07 Å². The van der Waals surface area contributed by atoms with Gasteiger partial charge in [-0.15, -0.1) is 0 Å². The van der Waals surface area contributed by atoms with Crippen LogP contribution in [-0.4, -0.2) is 26.0 Å². The van der Waals surface area contributed by atoms with E-state index in [2.05, 4.69) is 4.72 Å². The number of hydrogen-bond donors (Lipinski definition) is 2. The van der Waals surface area contributed by atoms with E-state index in [1.54, 1.807) is 30.0 Å². The second kappa shape index (κ2) is 5.50. The Kier molecular flexibility index (Phi) is 4.69. The Morgan fingerprint density at radius 1 is 1.39 bits per heavy atom. The van der Waals surface area contributed by atoms with Crippen molar-refractivity contribution in [2.24, 2.45) is 0 Å². The first kappa shape index (κ1) is 15.3. The lowest BCUT2D eigenvalue weighted by Crippen LogP contribution is -2.36. The highest BCUT2D eigenvalue weighted by Crippen LogP contribution is 2.23. The first-order chi connectivity index (χ1) is 8.18. The Morgan fingerprint density at radius 3 is 2.50 bits per heavy atom. The van der Waals surface area contributed by atoms with Gasteiger partial charge in [0.25, 0.3) is 0 Å². The van der Waals surface area contributed by atoms with E-state index in [1.807, 2.05) is 27.0 Å². The van der Waals surface area contributed by atoms with Crippen LogP contribution < -0.4 is 10.5 Å². The zero-order valence-corrected chi connectivity index (χ0v) is 12.8. The third-order valence-electron chi connectivity index (χ3n) is 2.70. The summed E-state index contributed by atoms with van der Waals surface area (Å²) in [5.74, 6) is 0. The minimum atomic E-state index is -3.54. The zero-order valence-electron chi connectivity index (χ0n) is 11.1. The number of nitrogen functional groups attached to an aromatic ring is 1. The van der Waals surface area contributed by atoms with Crippen molar-refractivity contribution < 1.29 is 8.42 Å². The lowest BCUT2D eigenvalue weighted by Gasteiger charge is -2.22. The number of nitrogens with one attached hydrogen (secondary N) is 1. The second-order valence-electron chi connectivity index (χ2n) is 4.83. The number of rotatable bonds is 5. The van der Waals surface area contributed by atoms with Crippen LogP contribution in [0.5, 0.6) is 0 Å². The Balaban J connectivity index is 2.94. The Bertz CT molecular complexity index is 525. The third kappa shape index (κ3) is 3.90. The molecule has 1 aromatic carbocycles. The van der Waals surface area contributed by atoms with Crippen LogP contribution in [-0.2, 0) is 10.0 Å². The number of nitrogens with two attached hydrogens (primary N) is 1. The number of thioether (sulfide) groups is 1. The van der Waals surface area contributed by atoms with E-state index in [1.165, 1.54) is 0 Å². The number of anilines is 1. The quantitative estimate of drug-likeness (QED) is 0.813. The summed E-state index contributed by atoms with van der Waals surface area (Å²) in [7, 11) is -3.54. The Morgan fingerprint density at radius 2 is 2.00 bits per heavy atom. The lowest BCUT2D eigenvalue weighted by atomic mass is 10.2. The summed E-state index contributed by atoms with van der Waals surface area (Å²) >= 11 is 1.61. The molecule has 3 N–H and O–H groups in total. The van der Waals surface area contributed by atoms with Crippen molar-refractivity contribution in [2.75, 3.05) is 18.5 Å². The van der Waals surface area contributed by atoms with Gasteiger partial charge in [-0.05, 0) is 44.7 Å². The van der Waals surface area contributed by atoms with Crippen molar-refractivity contribution in [3.63, 3.8) is 0 Å². The van der Waals surface area contributed by atoms with E-state index in [0.717, 1.165) is 5.56 Å². The van der Waals surface area contributed by atoms with Crippen LogP contribution in [0.15, 0.2) is 23.1 Å². The van der Waals surface area contributed by atoms with E-state index in [-0.39, 0.29) is 15.3 Å². The molecule has 0 aliphatic carbocycles. The molecule has 0 aliphatic rings. The van der Waals surface area contributed by atoms with Crippen molar-refractivity contribution in [3.8, 4) is 0 Å². The molecule has 6 heteroatoms. The number of sulfonamides is 1. The zero-order chi connectivity index (χ0) is 14.0. The molecule has 1 rings (SSSR count). The molecule has 0 saturated carbocycles. The highest BCUT2D eigenvalue weighted by atomic mass is 32.2. The van der Waals surface area contributed by atoms with E-state index in [9.17, 15) is 8.42 Å². The maximum atomic E-state index is 12.1. The average molecular weight is 288 g/mol. The summed E-state index contributed by atoms with van der Waals surface area (Å²) in [4.78, 5) is 0.144. The summed E-state index contributed by atoms with van der Waals surface area (Å²) in [6.45, 7) is 6.21. The van der Waals surface area contributed by atoms with Crippen molar-refractivity contribution >= 4 is 27.5 Å². The third-order valence-corrected chi connectivity index (χ3v) is 5.42. The highest BCUT2D eigenvalue weighted by molar-refractivity contribution is 8.00. The monoisotopic (exact) mass is 288 g/mol. The first-order valence-electron chi connectivity index (χ1n) is 5.59. The minimum absolute atomic E-state index is 0.144. The molecule has 0 spiro atoms. The predicted octanol–water partition coefficient (Wildman–Crippen LogP) is 2.00. The van der Waals surface area contributed by atoms with Gasteiger partial charge in [0.2, 0.25) is 10.0 Å². The number of aryl methyl sites for hydroxylation is 1. The highest BCUT2D eigenvalue weighted by Gasteiger charge is 2.22. The fraction of sp³-hybridized carbons (Fsp3) is 0.500. The summed E-state index contributed by atoms with van der Waals surface area (Å²) in [6, 6.07) is 4.94. The molecular weight excluding hydrogens is 268 g/mol. The van der Waals surface area contributed by atoms with Crippen LogP contribution >= 0.6 is 11.8 Å². The molecule has 0 aliphatic heterocycles. The number of hydrogen-bond acceptors (Lipinski definition) is 4. The summed E-state index contributed by atoms with van der Waals surface area (Å²) in [6.07, 6.45) is 1.95. The molecule has 0 radical (unpaired) electrons. The van der Waals surface area contributed by atoms with Gasteiger partial charge in [0.05, 0.1) is 5.69 Å². The van der Waals surface area contributed by atoms with Gasteiger partial charge in [-0.3, -0.25) is 0 Å². The Labute approximate surface area is 113 Å². The van der Waals surface area contributed by atoms with Crippen LogP contribution in [0.4, 0.5) is 5.69 Å². The van der Waals surface area contributed by atoms with Gasteiger partial charge in [0.1, 0.15) is 4.90 Å². The van der Waals surface area contributed by atoms with Crippen LogP contribution in [0, 0.1) is 6.92 Å². The average Bonchev–Trinajstić information content (AvgIpc) is 2.26. The van der Waals surface area contributed by atoms with Gasteiger partial charge < -0.3 is 5.73 Å². The maximum Gasteiger partial charge on any atom is 0.242 e. The predicted molar refractivity (Wildman–Crippen MR) is 78.4 cm³/mol. The standard InChI is InChI=1S/C12H20N2O2S2/c1-9-5-6-11(10(13)7-9)18(15,16)14-8-12(2,3)17-4/h5-7,14H,8,13H2,1-4H3. The SMILES string of the molecule is CSC(C)(C)CNS(=O)(=O)c1ccc(C)cc1N. The maximum absolute atomic E-state index is 12.1. The van der Waals surface area contributed by atoms with Gasteiger partial charge in [0, 0.05) is 11.3 Å². The van der Waals surface area contributed by atoms with Crippen LogP contribution in [0.2, 0.25) is 0 Å². The molecule has 0 fully saturated rings. The minimum Gasteiger partial charge on any atom is -0.398 e. The molecule has 18 heavy (non-hydrogen) atoms. The molecule has 0 saturated heterocycles. The van der Waals surface area contributed by atoms with Gasteiger partial charge in [-0.2, -0.15) is 11.8 Å². The van der Waals surface area contributed by atoms with Crippen molar-refractivity contribution in [1.29, 1.82) is 0 Å². The Hall–Kier alpha value is -0.720. The normalized spacial score (nSPS) is 12.7. The molecule has 0 heterocycles. The van der Waals surface area contributed by atoms with E-state index in [0.29, 0.717) is 6.54 Å². The van der Waals surface area contributed by atoms with Crippen LogP contribution in [0.25, 0.3) is 0 Å². The van der Waals surface area contributed by atoms with E-state index in [4.69, 9.17) is 5.73 Å². The van der Waals surface area contributed by atoms with Gasteiger partial charge in [0.15, 0.2) is 0 Å². The van der Waals surface area contributed by atoms with Crippen molar-refractivity contribution in [3.05, 3.63) is 23.8 Å². The lowest BCUT2D eigenvalue weighted by molar-refractivity contribution is 0.571. The van der Waals surface area contributed by atoms with E-state index < -0.39 is 10.0 Å². The number of benzene rings is 1. The topological polar surface area (TPSA) is 72.2 Å². The summed E-state index contributed by atoms with van der Waals surface area (Å²) in [5, 5.41) is 0. The molecule has 1 aromatic rings. The summed E-state index contributed by atoms with van der Waals surface area (Å²) < 4.78 is 26.7. The smallest absolute Gasteiger partial charge is 0.242 e. The van der Waals surface area contributed by atoms with Crippen LogP contribution in [0.3, 0.4) is 0 Å².